The number of hydrogen-bond donors (Lipinski definition) is 0. The third kappa shape index (κ3) is 5.87. The van der Waals surface area contributed by atoms with Gasteiger partial charge in [-0.2, -0.15) is 0 Å². The Bertz CT molecular complexity index is 1020. The van der Waals surface area contributed by atoms with Crippen LogP contribution in [0.4, 0.5) is 0 Å². The Labute approximate surface area is 173 Å². The summed E-state index contributed by atoms with van der Waals surface area (Å²) in [5.41, 5.74) is 2.25. The smallest absolute Gasteiger partial charge is 0.339 e. The van der Waals surface area contributed by atoms with Gasteiger partial charge in [-0.25, -0.2) is 4.79 Å². The number of carbonyl (C=O) groups is 1. The summed E-state index contributed by atoms with van der Waals surface area (Å²) >= 11 is 1.33. The maximum absolute atomic E-state index is 12.0. The van der Waals surface area contributed by atoms with Crippen LogP contribution in [0.3, 0.4) is 0 Å². The minimum atomic E-state index is -0.373. The quantitative estimate of drug-likeness (QED) is 0.326. The summed E-state index contributed by atoms with van der Waals surface area (Å²) in [5, 5.41) is 8.49. The van der Waals surface area contributed by atoms with E-state index in [1.54, 1.807) is 12.1 Å². The van der Waals surface area contributed by atoms with Crippen LogP contribution >= 0.6 is 11.8 Å². The first-order valence-corrected chi connectivity index (χ1v) is 10.0. The molecule has 0 atom stereocenters. The maximum Gasteiger partial charge on any atom is 0.339 e. The molecule has 1 aromatic heterocycles. The Morgan fingerprint density at radius 2 is 1.90 bits per heavy atom. The minimum Gasteiger partial charge on any atom is -0.494 e. The fraction of sp³-hybridized carbons (Fsp3) is 0.227. The molecule has 1 heterocycles. The standard InChI is InChI=1S/C22H20N2O4S/c1-3-26-18-12-10-17(11-13-18)20-23-24-22(28-20)29-15-7-6-14-27-21(25)19-9-5-4-8-16(19)2/h4-5,8-13H,3,14-15H2,1-2H3. The summed E-state index contributed by atoms with van der Waals surface area (Å²) in [6.07, 6.45) is 0. The molecule has 148 valence electrons. The molecule has 0 unspecified atom stereocenters. The molecule has 29 heavy (non-hydrogen) atoms. The monoisotopic (exact) mass is 408 g/mol. The van der Waals surface area contributed by atoms with E-state index in [9.17, 15) is 4.79 Å². The first-order valence-electron chi connectivity index (χ1n) is 9.05. The molecule has 0 N–H and O–H groups in total. The summed E-state index contributed by atoms with van der Waals surface area (Å²) in [7, 11) is 0. The van der Waals surface area contributed by atoms with E-state index < -0.39 is 0 Å². The molecule has 2 aromatic carbocycles. The molecule has 0 amide bonds. The van der Waals surface area contributed by atoms with Gasteiger partial charge in [0.1, 0.15) is 5.75 Å². The van der Waals surface area contributed by atoms with Crippen molar-refractivity contribution in [2.45, 2.75) is 19.1 Å². The lowest BCUT2D eigenvalue weighted by Gasteiger charge is -2.03. The van der Waals surface area contributed by atoms with Crippen LogP contribution in [0.2, 0.25) is 0 Å². The van der Waals surface area contributed by atoms with Crippen LogP contribution in [0.25, 0.3) is 11.5 Å². The van der Waals surface area contributed by atoms with Gasteiger partial charge in [0.15, 0.2) is 6.61 Å². The molecule has 6 nitrogen and oxygen atoms in total. The van der Waals surface area contributed by atoms with Crippen LogP contribution < -0.4 is 4.74 Å². The van der Waals surface area contributed by atoms with Crippen LogP contribution in [-0.4, -0.2) is 35.1 Å². The maximum atomic E-state index is 12.0. The van der Waals surface area contributed by atoms with E-state index in [2.05, 4.69) is 22.0 Å². The van der Waals surface area contributed by atoms with E-state index >= 15 is 0 Å². The summed E-state index contributed by atoms with van der Waals surface area (Å²) < 4.78 is 16.2. The molecule has 0 bridgehead atoms. The van der Waals surface area contributed by atoms with Crippen molar-refractivity contribution in [2.75, 3.05) is 19.0 Å². The number of aromatic nitrogens is 2. The highest BCUT2D eigenvalue weighted by Crippen LogP contribution is 2.24. The van der Waals surface area contributed by atoms with Crippen molar-refractivity contribution < 1.29 is 18.7 Å². The van der Waals surface area contributed by atoms with Gasteiger partial charge in [0.05, 0.1) is 17.9 Å². The van der Waals surface area contributed by atoms with Gasteiger partial charge in [-0.3, -0.25) is 0 Å². The Hall–Kier alpha value is -3.24. The SMILES string of the molecule is CCOc1ccc(-c2nnc(SCC#CCOC(=O)c3ccccc3C)o2)cc1. The molecule has 0 spiro atoms. The lowest BCUT2D eigenvalue weighted by molar-refractivity contribution is 0.0556. The Morgan fingerprint density at radius 1 is 1.10 bits per heavy atom. The number of nitrogens with zero attached hydrogens (tertiary/aromatic N) is 2. The fourth-order valence-electron chi connectivity index (χ4n) is 2.43. The number of esters is 1. The van der Waals surface area contributed by atoms with Crippen LogP contribution in [-0.2, 0) is 4.74 Å². The molecule has 0 radical (unpaired) electrons. The number of ether oxygens (including phenoxy) is 2. The van der Waals surface area contributed by atoms with Crippen molar-refractivity contribution in [2.24, 2.45) is 0 Å². The number of hydrogen-bond acceptors (Lipinski definition) is 7. The van der Waals surface area contributed by atoms with E-state index in [4.69, 9.17) is 13.9 Å². The number of carbonyl (C=O) groups excluding carboxylic acids is 1. The van der Waals surface area contributed by atoms with Gasteiger partial charge in [-0.15, -0.1) is 10.2 Å². The molecule has 0 saturated heterocycles. The predicted octanol–water partition coefficient (Wildman–Crippen LogP) is 4.40. The zero-order valence-electron chi connectivity index (χ0n) is 16.2. The highest BCUT2D eigenvalue weighted by atomic mass is 32.2. The topological polar surface area (TPSA) is 74.5 Å². The first-order chi connectivity index (χ1) is 14.2. The number of aryl methyl sites for hydroxylation is 1. The fourth-order valence-corrected chi connectivity index (χ4v) is 2.96. The Morgan fingerprint density at radius 3 is 2.66 bits per heavy atom. The summed E-state index contributed by atoms with van der Waals surface area (Å²) in [4.78, 5) is 12.0. The molecule has 7 heteroatoms. The van der Waals surface area contributed by atoms with Gasteiger partial charge in [0.25, 0.3) is 5.22 Å². The van der Waals surface area contributed by atoms with Gasteiger partial charge in [0.2, 0.25) is 5.89 Å². The lowest BCUT2D eigenvalue weighted by Crippen LogP contribution is -2.07. The van der Waals surface area contributed by atoms with Gasteiger partial charge >= 0.3 is 5.97 Å². The van der Waals surface area contributed by atoms with Crippen molar-refractivity contribution in [3.63, 3.8) is 0 Å². The Kier molecular flexibility index (Phi) is 7.31. The van der Waals surface area contributed by atoms with Gasteiger partial charge in [-0.05, 0) is 49.7 Å². The van der Waals surface area contributed by atoms with Crippen molar-refractivity contribution in [1.29, 1.82) is 0 Å². The number of rotatable bonds is 7. The van der Waals surface area contributed by atoms with Crippen LogP contribution in [0, 0.1) is 18.8 Å². The van der Waals surface area contributed by atoms with E-state index in [0.717, 1.165) is 16.9 Å². The average molecular weight is 408 g/mol. The van der Waals surface area contributed by atoms with Crippen molar-refractivity contribution >= 4 is 17.7 Å². The van der Waals surface area contributed by atoms with E-state index in [0.29, 0.717) is 29.0 Å². The zero-order chi connectivity index (χ0) is 20.5. The molecule has 3 rings (SSSR count). The summed E-state index contributed by atoms with van der Waals surface area (Å²) in [5.74, 6) is 7.05. The molecule has 0 fully saturated rings. The highest BCUT2D eigenvalue weighted by molar-refractivity contribution is 7.99. The second-order valence-corrected chi connectivity index (χ2v) is 6.79. The zero-order valence-corrected chi connectivity index (χ0v) is 17.0. The molecule has 0 aliphatic rings. The van der Waals surface area contributed by atoms with E-state index in [-0.39, 0.29) is 12.6 Å². The minimum absolute atomic E-state index is 0.0367. The van der Waals surface area contributed by atoms with Crippen LogP contribution in [0.1, 0.15) is 22.8 Å². The van der Waals surface area contributed by atoms with Crippen molar-refractivity contribution in [3.05, 3.63) is 59.7 Å². The van der Waals surface area contributed by atoms with Crippen LogP contribution in [0.15, 0.2) is 58.2 Å². The van der Waals surface area contributed by atoms with Crippen LogP contribution in [0.5, 0.6) is 5.75 Å². The molecule has 0 saturated carbocycles. The number of thioether (sulfide) groups is 1. The largest absolute Gasteiger partial charge is 0.494 e. The van der Waals surface area contributed by atoms with Gasteiger partial charge in [0, 0.05) is 5.56 Å². The molecule has 0 aliphatic heterocycles. The van der Waals surface area contributed by atoms with E-state index in [1.165, 1.54) is 11.8 Å². The second-order valence-electron chi connectivity index (χ2n) is 5.86. The molecular weight excluding hydrogens is 388 g/mol. The third-order valence-electron chi connectivity index (χ3n) is 3.85. The lowest BCUT2D eigenvalue weighted by atomic mass is 10.1. The number of benzene rings is 2. The average Bonchev–Trinajstić information content (AvgIpc) is 3.20. The van der Waals surface area contributed by atoms with Crippen molar-refractivity contribution in [1.82, 2.24) is 10.2 Å². The van der Waals surface area contributed by atoms with Gasteiger partial charge in [-0.1, -0.05) is 41.8 Å². The van der Waals surface area contributed by atoms with E-state index in [1.807, 2.05) is 50.2 Å². The summed E-state index contributed by atoms with van der Waals surface area (Å²) in [6, 6.07) is 14.7. The van der Waals surface area contributed by atoms with Gasteiger partial charge < -0.3 is 13.9 Å². The molecular formula is C22H20N2O4S. The Balaban J connectivity index is 1.45. The predicted molar refractivity (Wildman–Crippen MR) is 111 cm³/mol. The highest BCUT2D eigenvalue weighted by Gasteiger charge is 2.09. The summed E-state index contributed by atoms with van der Waals surface area (Å²) in [6.45, 7) is 4.46. The van der Waals surface area contributed by atoms with Crippen molar-refractivity contribution in [3.8, 4) is 29.0 Å². The second kappa shape index (κ2) is 10.3. The molecule has 0 aliphatic carbocycles. The normalized spacial score (nSPS) is 10.1. The molecule has 3 aromatic rings. The third-order valence-corrected chi connectivity index (χ3v) is 4.55. The first kappa shape index (κ1) is 20.5.